The molecule has 3 aromatic rings. The van der Waals surface area contributed by atoms with Crippen LogP contribution in [0.1, 0.15) is 6.92 Å². The van der Waals surface area contributed by atoms with Gasteiger partial charge in [-0.25, -0.2) is 8.78 Å². The molecule has 3 rings (SSSR count). The minimum atomic E-state index is -1.02. The van der Waals surface area contributed by atoms with E-state index in [0.717, 1.165) is 17.8 Å². The standard InChI is InChI=1S/C18H16F2N4O2S2/c1-10(16(25)21-12-6-7-14(19)15(20)9-12)27-18-24-23-17(28-18)22-11-4-3-5-13(8-11)26-2/h3-10H,1-2H3,(H,21,25)(H,22,23). The average molecular weight is 422 g/mol. The molecule has 28 heavy (non-hydrogen) atoms. The van der Waals surface area contributed by atoms with Crippen LogP contribution in [0.4, 0.5) is 25.3 Å². The van der Waals surface area contributed by atoms with Crippen LogP contribution in [0.15, 0.2) is 46.8 Å². The Bertz CT molecular complexity index is 984. The molecule has 1 atom stereocenters. The van der Waals surface area contributed by atoms with E-state index in [2.05, 4.69) is 20.8 Å². The molecule has 0 aliphatic carbocycles. The number of rotatable bonds is 7. The maximum absolute atomic E-state index is 13.2. The van der Waals surface area contributed by atoms with Crippen LogP contribution < -0.4 is 15.4 Å². The Labute approximate surface area is 168 Å². The molecule has 0 radical (unpaired) electrons. The van der Waals surface area contributed by atoms with Gasteiger partial charge in [-0.05, 0) is 31.2 Å². The molecule has 10 heteroatoms. The van der Waals surface area contributed by atoms with Gasteiger partial charge in [0, 0.05) is 23.5 Å². The van der Waals surface area contributed by atoms with Gasteiger partial charge in [0.15, 0.2) is 16.0 Å². The van der Waals surface area contributed by atoms with E-state index in [0.29, 0.717) is 15.2 Å². The van der Waals surface area contributed by atoms with Gasteiger partial charge in [-0.3, -0.25) is 4.79 Å². The zero-order valence-electron chi connectivity index (χ0n) is 14.9. The summed E-state index contributed by atoms with van der Waals surface area (Å²) in [6.07, 6.45) is 0. The van der Waals surface area contributed by atoms with Gasteiger partial charge in [-0.2, -0.15) is 0 Å². The van der Waals surface area contributed by atoms with Crippen LogP contribution >= 0.6 is 23.1 Å². The zero-order valence-corrected chi connectivity index (χ0v) is 16.5. The number of nitrogens with one attached hydrogen (secondary N) is 2. The number of carbonyl (C=O) groups excluding carboxylic acids is 1. The monoisotopic (exact) mass is 422 g/mol. The van der Waals surface area contributed by atoms with Gasteiger partial charge < -0.3 is 15.4 Å². The summed E-state index contributed by atoms with van der Waals surface area (Å²) in [6, 6.07) is 10.6. The summed E-state index contributed by atoms with van der Waals surface area (Å²) >= 11 is 2.51. The van der Waals surface area contributed by atoms with Crippen LogP contribution in [0.25, 0.3) is 0 Å². The molecule has 0 saturated heterocycles. The average Bonchev–Trinajstić information content (AvgIpc) is 3.11. The quantitative estimate of drug-likeness (QED) is 0.538. The van der Waals surface area contributed by atoms with Crippen LogP contribution in [0.3, 0.4) is 0 Å². The fraction of sp³-hybridized carbons (Fsp3) is 0.167. The van der Waals surface area contributed by atoms with E-state index in [4.69, 9.17) is 4.74 Å². The van der Waals surface area contributed by atoms with Crippen molar-refractivity contribution in [2.24, 2.45) is 0 Å². The first kappa shape index (κ1) is 20.0. The Balaban J connectivity index is 1.58. The normalized spacial score (nSPS) is 11.7. The van der Waals surface area contributed by atoms with Gasteiger partial charge in [0.1, 0.15) is 5.75 Å². The van der Waals surface area contributed by atoms with Crippen LogP contribution in [0.5, 0.6) is 5.75 Å². The molecule has 6 nitrogen and oxygen atoms in total. The first-order valence-electron chi connectivity index (χ1n) is 8.12. The smallest absolute Gasteiger partial charge is 0.237 e. The van der Waals surface area contributed by atoms with Gasteiger partial charge in [-0.1, -0.05) is 29.2 Å². The van der Waals surface area contributed by atoms with Gasteiger partial charge in [0.2, 0.25) is 11.0 Å². The van der Waals surface area contributed by atoms with Crippen molar-refractivity contribution in [3.8, 4) is 5.75 Å². The van der Waals surface area contributed by atoms with E-state index in [1.807, 2.05) is 24.3 Å². The minimum Gasteiger partial charge on any atom is -0.497 e. The predicted molar refractivity (Wildman–Crippen MR) is 106 cm³/mol. The highest BCUT2D eigenvalue weighted by atomic mass is 32.2. The van der Waals surface area contributed by atoms with E-state index in [1.165, 1.54) is 29.2 Å². The van der Waals surface area contributed by atoms with Gasteiger partial charge in [0.25, 0.3) is 0 Å². The van der Waals surface area contributed by atoms with Crippen LogP contribution in [-0.4, -0.2) is 28.5 Å². The lowest BCUT2D eigenvalue weighted by Gasteiger charge is -2.10. The first-order valence-corrected chi connectivity index (χ1v) is 9.81. The molecular weight excluding hydrogens is 406 g/mol. The fourth-order valence-corrected chi connectivity index (χ4v) is 4.07. The molecule has 2 N–H and O–H groups in total. The van der Waals surface area contributed by atoms with Gasteiger partial charge >= 0.3 is 0 Å². The highest BCUT2D eigenvalue weighted by Crippen LogP contribution is 2.31. The lowest BCUT2D eigenvalue weighted by Crippen LogP contribution is -2.22. The predicted octanol–water partition coefficient (Wildman–Crippen LogP) is 4.69. The third kappa shape index (κ3) is 5.17. The second kappa shape index (κ2) is 8.98. The molecule has 0 fully saturated rings. The largest absolute Gasteiger partial charge is 0.497 e. The van der Waals surface area contributed by atoms with Crippen molar-refractivity contribution in [2.45, 2.75) is 16.5 Å². The summed E-state index contributed by atoms with van der Waals surface area (Å²) in [4.78, 5) is 12.3. The van der Waals surface area contributed by atoms with Crippen molar-refractivity contribution in [3.63, 3.8) is 0 Å². The minimum absolute atomic E-state index is 0.189. The van der Waals surface area contributed by atoms with Crippen LogP contribution in [0, 0.1) is 11.6 Å². The zero-order chi connectivity index (χ0) is 20.1. The Kier molecular flexibility index (Phi) is 6.42. The summed E-state index contributed by atoms with van der Waals surface area (Å²) < 4.78 is 32.0. The number of nitrogens with zero attached hydrogens (tertiary/aromatic N) is 2. The Hall–Kier alpha value is -2.72. The second-order valence-corrected chi connectivity index (χ2v) is 8.17. The molecule has 146 valence electrons. The molecule has 2 aromatic carbocycles. The third-order valence-electron chi connectivity index (χ3n) is 3.56. The summed E-state index contributed by atoms with van der Waals surface area (Å²) in [5.74, 6) is -1.62. The summed E-state index contributed by atoms with van der Waals surface area (Å²) in [7, 11) is 1.59. The Morgan fingerprint density at radius 1 is 1.14 bits per heavy atom. The van der Waals surface area contributed by atoms with E-state index in [1.54, 1.807) is 14.0 Å². The molecule has 1 unspecified atom stereocenters. The van der Waals surface area contributed by atoms with Crippen molar-refractivity contribution >= 4 is 45.5 Å². The topological polar surface area (TPSA) is 76.1 Å². The van der Waals surface area contributed by atoms with Crippen molar-refractivity contribution in [1.29, 1.82) is 0 Å². The number of hydrogen-bond acceptors (Lipinski definition) is 7. The highest BCUT2D eigenvalue weighted by molar-refractivity contribution is 8.02. The number of hydrogen-bond donors (Lipinski definition) is 2. The molecule has 0 aliphatic rings. The van der Waals surface area contributed by atoms with E-state index in [9.17, 15) is 13.6 Å². The number of carbonyl (C=O) groups is 1. The molecule has 0 bridgehead atoms. The van der Waals surface area contributed by atoms with Crippen molar-refractivity contribution in [1.82, 2.24) is 10.2 Å². The molecular formula is C18H16F2N4O2S2. The molecule has 1 heterocycles. The van der Waals surface area contributed by atoms with E-state index in [-0.39, 0.29) is 11.6 Å². The van der Waals surface area contributed by atoms with Crippen molar-refractivity contribution in [3.05, 3.63) is 54.1 Å². The lowest BCUT2D eigenvalue weighted by molar-refractivity contribution is -0.115. The number of anilines is 3. The first-order chi connectivity index (χ1) is 13.4. The van der Waals surface area contributed by atoms with Crippen LogP contribution in [-0.2, 0) is 4.79 Å². The van der Waals surface area contributed by atoms with E-state index >= 15 is 0 Å². The van der Waals surface area contributed by atoms with Crippen molar-refractivity contribution in [2.75, 3.05) is 17.7 Å². The van der Waals surface area contributed by atoms with Gasteiger partial charge in [0.05, 0.1) is 12.4 Å². The van der Waals surface area contributed by atoms with Crippen LogP contribution in [0.2, 0.25) is 0 Å². The third-order valence-corrected chi connectivity index (χ3v) is 5.58. The number of ether oxygens (including phenoxy) is 1. The number of aromatic nitrogens is 2. The molecule has 0 aliphatic heterocycles. The van der Waals surface area contributed by atoms with E-state index < -0.39 is 16.9 Å². The maximum Gasteiger partial charge on any atom is 0.237 e. The number of methoxy groups -OCH3 is 1. The molecule has 0 saturated carbocycles. The summed E-state index contributed by atoms with van der Waals surface area (Å²) in [5, 5.41) is 13.9. The maximum atomic E-state index is 13.2. The number of amides is 1. The fourth-order valence-electron chi connectivity index (χ4n) is 2.15. The number of benzene rings is 2. The van der Waals surface area contributed by atoms with Gasteiger partial charge in [-0.15, -0.1) is 10.2 Å². The number of halogens is 2. The lowest BCUT2D eigenvalue weighted by atomic mass is 10.3. The summed E-state index contributed by atoms with van der Waals surface area (Å²) in [5.41, 5.74) is 0.991. The molecule has 0 spiro atoms. The Morgan fingerprint density at radius 2 is 1.96 bits per heavy atom. The van der Waals surface area contributed by atoms with Crippen molar-refractivity contribution < 1.29 is 18.3 Å². The summed E-state index contributed by atoms with van der Waals surface area (Å²) in [6.45, 7) is 1.69. The SMILES string of the molecule is COc1cccc(Nc2nnc(SC(C)C(=O)Nc3ccc(F)c(F)c3)s2)c1. The number of thioether (sulfide) groups is 1. The molecule has 1 amide bonds. The second-order valence-electron chi connectivity index (χ2n) is 5.61. The Morgan fingerprint density at radius 3 is 2.71 bits per heavy atom. The molecule has 1 aromatic heterocycles. The highest BCUT2D eigenvalue weighted by Gasteiger charge is 2.18.